The Labute approximate surface area is 213 Å². The van der Waals surface area contributed by atoms with Crippen molar-refractivity contribution >= 4 is 35.2 Å². The SMILES string of the molecule is CC[C@H](C(=O)NC1CCCCC1)N(Cc1ccccc1Cl)C(=O)CSCc1cc(C)cc(C)c1. The molecule has 1 aliphatic rings. The second kappa shape index (κ2) is 13.2. The van der Waals surface area contributed by atoms with Gasteiger partial charge < -0.3 is 10.2 Å². The molecule has 0 aliphatic heterocycles. The van der Waals surface area contributed by atoms with Crippen LogP contribution in [0.15, 0.2) is 42.5 Å². The first-order chi connectivity index (χ1) is 16.4. The Bertz CT molecular complexity index is 954. The minimum atomic E-state index is -0.507. The number of nitrogens with zero attached hydrogens (tertiary/aromatic N) is 1. The van der Waals surface area contributed by atoms with E-state index in [1.165, 1.54) is 23.1 Å². The summed E-state index contributed by atoms with van der Waals surface area (Å²) < 4.78 is 0. The van der Waals surface area contributed by atoms with E-state index < -0.39 is 6.04 Å². The van der Waals surface area contributed by atoms with Crippen molar-refractivity contribution in [1.82, 2.24) is 10.2 Å². The summed E-state index contributed by atoms with van der Waals surface area (Å²) in [5.41, 5.74) is 4.54. The molecular weight excluding hydrogens is 464 g/mol. The number of amides is 2. The Morgan fingerprint density at radius 3 is 2.41 bits per heavy atom. The lowest BCUT2D eigenvalue weighted by Gasteiger charge is -2.33. The van der Waals surface area contributed by atoms with Crippen LogP contribution in [0.2, 0.25) is 5.02 Å². The number of hydrogen-bond acceptors (Lipinski definition) is 3. The van der Waals surface area contributed by atoms with Gasteiger partial charge in [-0.3, -0.25) is 9.59 Å². The summed E-state index contributed by atoms with van der Waals surface area (Å²) in [6.45, 7) is 6.49. The molecule has 0 spiro atoms. The van der Waals surface area contributed by atoms with E-state index in [9.17, 15) is 9.59 Å². The maximum Gasteiger partial charge on any atom is 0.243 e. The number of rotatable bonds is 10. The van der Waals surface area contributed by atoms with Crippen molar-refractivity contribution in [3.63, 3.8) is 0 Å². The Kier molecular flexibility index (Phi) is 10.3. The normalized spacial score (nSPS) is 15.1. The maximum atomic E-state index is 13.5. The largest absolute Gasteiger partial charge is 0.352 e. The molecule has 0 radical (unpaired) electrons. The average Bonchev–Trinajstić information content (AvgIpc) is 2.80. The second-order valence-electron chi connectivity index (χ2n) is 9.37. The van der Waals surface area contributed by atoms with Crippen molar-refractivity contribution in [1.29, 1.82) is 0 Å². The van der Waals surface area contributed by atoms with Crippen molar-refractivity contribution in [2.45, 2.75) is 83.7 Å². The van der Waals surface area contributed by atoms with Gasteiger partial charge in [-0.05, 0) is 50.3 Å². The van der Waals surface area contributed by atoms with Gasteiger partial charge in [-0.15, -0.1) is 11.8 Å². The molecule has 0 unspecified atom stereocenters. The summed E-state index contributed by atoms with van der Waals surface area (Å²) in [5.74, 6) is 1.01. The zero-order valence-electron chi connectivity index (χ0n) is 20.6. The zero-order chi connectivity index (χ0) is 24.5. The molecule has 1 N–H and O–H groups in total. The summed E-state index contributed by atoms with van der Waals surface area (Å²) in [6.07, 6.45) is 6.14. The van der Waals surface area contributed by atoms with Crippen molar-refractivity contribution in [2.75, 3.05) is 5.75 Å². The minimum absolute atomic E-state index is 0.0278. The summed E-state index contributed by atoms with van der Waals surface area (Å²) in [6, 6.07) is 13.7. The van der Waals surface area contributed by atoms with Crippen LogP contribution in [0.5, 0.6) is 0 Å². The molecule has 3 rings (SSSR count). The molecule has 6 heteroatoms. The van der Waals surface area contributed by atoms with Crippen molar-refractivity contribution < 1.29 is 9.59 Å². The van der Waals surface area contributed by atoms with E-state index in [1.807, 2.05) is 31.2 Å². The number of halogens is 1. The van der Waals surface area contributed by atoms with Gasteiger partial charge in [-0.2, -0.15) is 0 Å². The van der Waals surface area contributed by atoms with E-state index in [1.54, 1.807) is 16.7 Å². The molecule has 1 saturated carbocycles. The Morgan fingerprint density at radius 2 is 1.76 bits per heavy atom. The molecular formula is C28H37ClN2O2S. The highest BCUT2D eigenvalue weighted by Crippen LogP contribution is 2.23. The Hall–Kier alpha value is -1.98. The number of aryl methyl sites for hydroxylation is 2. The van der Waals surface area contributed by atoms with E-state index in [0.717, 1.165) is 37.0 Å². The number of benzene rings is 2. The smallest absolute Gasteiger partial charge is 0.243 e. The molecule has 0 bridgehead atoms. The van der Waals surface area contributed by atoms with Gasteiger partial charge in [0.05, 0.1) is 5.75 Å². The Morgan fingerprint density at radius 1 is 1.09 bits per heavy atom. The van der Waals surface area contributed by atoms with Crippen LogP contribution in [0, 0.1) is 13.8 Å². The van der Waals surface area contributed by atoms with Crippen LogP contribution in [-0.4, -0.2) is 34.6 Å². The number of hydrogen-bond donors (Lipinski definition) is 1. The fraction of sp³-hybridized carbons (Fsp3) is 0.500. The lowest BCUT2D eigenvalue weighted by atomic mass is 9.95. The summed E-state index contributed by atoms with van der Waals surface area (Å²) >= 11 is 8.02. The maximum absolute atomic E-state index is 13.5. The second-order valence-corrected chi connectivity index (χ2v) is 10.8. The first-order valence-corrected chi connectivity index (χ1v) is 13.9. The predicted octanol–water partition coefficient (Wildman–Crippen LogP) is 6.45. The van der Waals surface area contributed by atoms with E-state index in [0.29, 0.717) is 23.7 Å². The summed E-state index contributed by atoms with van der Waals surface area (Å²) in [7, 11) is 0. The van der Waals surface area contributed by atoms with Crippen molar-refractivity contribution in [3.05, 3.63) is 69.7 Å². The molecule has 1 aliphatic carbocycles. The molecule has 1 fully saturated rings. The third kappa shape index (κ3) is 7.78. The van der Waals surface area contributed by atoms with Crippen LogP contribution in [0.25, 0.3) is 0 Å². The van der Waals surface area contributed by atoms with Gasteiger partial charge in [-0.1, -0.05) is 85.3 Å². The van der Waals surface area contributed by atoms with Crippen LogP contribution >= 0.6 is 23.4 Å². The van der Waals surface area contributed by atoms with E-state index in [2.05, 4.69) is 37.4 Å². The lowest BCUT2D eigenvalue weighted by molar-refractivity contribution is -0.139. The highest BCUT2D eigenvalue weighted by atomic mass is 35.5. The summed E-state index contributed by atoms with van der Waals surface area (Å²) in [4.78, 5) is 28.5. The van der Waals surface area contributed by atoms with Gasteiger partial charge in [0.15, 0.2) is 0 Å². The summed E-state index contributed by atoms with van der Waals surface area (Å²) in [5, 5.41) is 3.84. The molecule has 0 saturated heterocycles. The molecule has 0 aromatic heterocycles. The van der Waals surface area contributed by atoms with Crippen LogP contribution in [0.3, 0.4) is 0 Å². The van der Waals surface area contributed by atoms with E-state index >= 15 is 0 Å². The van der Waals surface area contributed by atoms with Crippen LogP contribution < -0.4 is 5.32 Å². The average molecular weight is 501 g/mol. The van der Waals surface area contributed by atoms with Gasteiger partial charge >= 0.3 is 0 Å². The standard InChI is InChI=1S/C28H37ClN2O2S/c1-4-26(28(33)30-24-11-6-5-7-12-24)31(17-23-10-8-9-13-25(23)29)27(32)19-34-18-22-15-20(2)14-21(3)16-22/h8-10,13-16,24,26H,4-7,11-12,17-19H2,1-3H3,(H,30,33)/t26-/m1/s1. The molecule has 2 aromatic rings. The third-order valence-electron chi connectivity index (χ3n) is 6.41. The highest BCUT2D eigenvalue weighted by Gasteiger charge is 2.30. The van der Waals surface area contributed by atoms with Gasteiger partial charge in [0.25, 0.3) is 0 Å². The van der Waals surface area contributed by atoms with Crippen LogP contribution in [0.1, 0.15) is 67.7 Å². The van der Waals surface area contributed by atoms with Crippen LogP contribution in [-0.2, 0) is 21.9 Å². The van der Waals surface area contributed by atoms with Gasteiger partial charge in [-0.25, -0.2) is 0 Å². The number of carbonyl (C=O) groups is 2. The highest BCUT2D eigenvalue weighted by molar-refractivity contribution is 7.99. The number of nitrogens with one attached hydrogen (secondary N) is 1. The molecule has 2 aromatic carbocycles. The minimum Gasteiger partial charge on any atom is -0.352 e. The van der Waals surface area contributed by atoms with E-state index in [-0.39, 0.29) is 17.9 Å². The zero-order valence-corrected chi connectivity index (χ0v) is 22.2. The first kappa shape index (κ1) is 26.6. The molecule has 4 nitrogen and oxygen atoms in total. The molecule has 34 heavy (non-hydrogen) atoms. The monoisotopic (exact) mass is 500 g/mol. The van der Waals surface area contributed by atoms with E-state index in [4.69, 9.17) is 11.6 Å². The molecule has 0 heterocycles. The quantitative estimate of drug-likeness (QED) is 0.408. The number of thioether (sulfide) groups is 1. The van der Waals surface area contributed by atoms with Crippen LogP contribution in [0.4, 0.5) is 0 Å². The van der Waals surface area contributed by atoms with Crippen molar-refractivity contribution in [2.24, 2.45) is 0 Å². The number of carbonyl (C=O) groups excluding carboxylic acids is 2. The third-order valence-corrected chi connectivity index (χ3v) is 7.77. The topological polar surface area (TPSA) is 49.4 Å². The molecule has 1 atom stereocenters. The molecule has 2 amide bonds. The fourth-order valence-corrected chi connectivity index (χ4v) is 5.81. The van der Waals surface area contributed by atoms with Gasteiger partial charge in [0.1, 0.15) is 6.04 Å². The first-order valence-electron chi connectivity index (χ1n) is 12.4. The van der Waals surface area contributed by atoms with Crippen molar-refractivity contribution in [3.8, 4) is 0 Å². The van der Waals surface area contributed by atoms with Gasteiger partial charge in [0, 0.05) is 23.4 Å². The lowest BCUT2D eigenvalue weighted by Crippen LogP contribution is -2.52. The Balaban J connectivity index is 1.72. The fourth-order valence-electron chi connectivity index (χ4n) is 4.77. The van der Waals surface area contributed by atoms with Gasteiger partial charge in [0.2, 0.25) is 11.8 Å². The predicted molar refractivity (Wildman–Crippen MR) is 143 cm³/mol. The molecule has 184 valence electrons.